The number of nitrogen functional groups attached to an aromatic ring is 1. The van der Waals surface area contributed by atoms with Gasteiger partial charge in [-0.05, 0) is 52.3 Å². The van der Waals surface area contributed by atoms with Crippen molar-refractivity contribution in [2.45, 2.75) is 0 Å². The van der Waals surface area contributed by atoms with Crippen LogP contribution in [-0.4, -0.2) is 5.91 Å². The van der Waals surface area contributed by atoms with E-state index in [9.17, 15) is 9.18 Å². The molecule has 19 heavy (non-hydrogen) atoms. The maximum absolute atomic E-state index is 13.3. The first-order valence-corrected chi connectivity index (χ1v) is 6.46. The zero-order valence-electron chi connectivity index (χ0n) is 9.58. The second-order valence-electron chi connectivity index (χ2n) is 3.82. The Bertz CT molecular complexity index is 649. The van der Waals surface area contributed by atoms with Crippen molar-refractivity contribution in [2.24, 2.45) is 0 Å². The fourth-order valence-electron chi connectivity index (χ4n) is 1.49. The first kappa shape index (κ1) is 13.8. The lowest BCUT2D eigenvalue weighted by atomic mass is 10.2. The first-order valence-electron chi connectivity index (χ1n) is 5.29. The molecule has 98 valence electrons. The molecule has 0 saturated heterocycles. The fourth-order valence-corrected chi connectivity index (χ4v) is 2.03. The summed E-state index contributed by atoms with van der Waals surface area (Å²) in [6, 6.07) is 8.92. The van der Waals surface area contributed by atoms with E-state index >= 15 is 0 Å². The van der Waals surface area contributed by atoms with E-state index in [1.54, 1.807) is 12.1 Å². The van der Waals surface area contributed by atoms with Gasteiger partial charge in [0, 0.05) is 15.8 Å². The molecule has 0 aliphatic carbocycles. The van der Waals surface area contributed by atoms with Gasteiger partial charge < -0.3 is 11.1 Å². The first-order chi connectivity index (χ1) is 8.97. The molecule has 2 rings (SSSR count). The molecule has 0 bridgehead atoms. The molecule has 0 heterocycles. The Morgan fingerprint density at radius 1 is 1.26 bits per heavy atom. The van der Waals surface area contributed by atoms with Crippen molar-refractivity contribution in [3.63, 3.8) is 0 Å². The van der Waals surface area contributed by atoms with Gasteiger partial charge >= 0.3 is 0 Å². The molecule has 0 aliphatic heterocycles. The van der Waals surface area contributed by atoms with Crippen LogP contribution in [0.5, 0.6) is 0 Å². The van der Waals surface area contributed by atoms with Crippen molar-refractivity contribution < 1.29 is 9.18 Å². The third kappa shape index (κ3) is 3.24. The topological polar surface area (TPSA) is 55.1 Å². The van der Waals surface area contributed by atoms with E-state index in [0.29, 0.717) is 21.4 Å². The molecule has 1 amide bonds. The number of anilines is 2. The highest BCUT2D eigenvalue weighted by Crippen LogP contribution is 2.22. The number of amides is 1. The van der Waals surface area contributed by atoms with Gasteiger partial charge in [0.15, 0.2) is 0 Å². The van der Waals surface area contributed by atoms with Crippen LogP contribution >= 0.6 is 27.5 Å². The fraction of sp³-hybridized carbons (Fsp3) is 0. The summed E-state index contributed by atoms with van der Waals surface area (Å²) in [4.78, 5) is 12.0. The number of halogens is 3. The number of rotatable bonds is 2. The summed E-state index contributed by atoms with van der Waals surface area (Å²) in [6.45, 7) is 0. The zero-order valence-corrected chi connectivity index (χ0v) is 11.9. The van der Waals surface area contributed by atoms with Gasteiger partial charge in [-0.2, -0.15) is 0 Å². The summed E-state index contributed by atoms with van der Waals surface area (Å²) in [5.41, 5.74) is 6.78. The third-order valence-electron chi connectivity index (χ3n) is 2.41. The number of nitrogens with two attached hydrogens (primary N) is 1. The molecule has 3 nitrogen and oxygen atoms in total. The maximum atomic E-state index is 13.3. The molecular weight excluding hydrogens is 335 g/mol. The van der Waals surface area contributed by atoms with Gasteiger partial charge in [-0.1, -0.05) is 11.6 Å². The van der Waals surface area contributed by atoms with Crippen LogP contribution in [0.4, 0.5) is 15.8 Å². The lowest BCUT2D eigenvalue weighted by molar-refractivity contribution is 0.102. The van der Waals surface area contributed by atoms with Crippen LogP contribution < -0.4 is 11.1 Å². The van der Waals surface area contributed by atoms with E-state index in [1.807, 2.05) is 0 Å². The average Bonchev–Trinajstić information content (AvgIpc) is 2.36. The minimum absolute atomic E-state index is 0.00290. The molecule has 0 saturated carbocycles. The second kappa shape index (κ2) is 5.59. The molecule has 0 radical (unpaired) electrons. The van der Waals surface area contributed by atoms with Gasteiger partial charge in [0.1, 0.15) is 5.82 Å². The van der Waals surface area contributed by atoms with Gasteiger partial charge in [0.05, 0.1) is 10.6 Å². The highest BCUT2D eigenvalue weighted by atomic mass is 79.9. The van der Waals surface area contributed by atoms with Gasteiger partial charge in [-0.15, -0.1) is 0 Å². The molecular formula is C13H9BrClFN2O. The molecule has 6 heteroatoms. The maximum Gasteiger partial charge on any atom is 0.256 e. The van der Waals surface area contributed by atoms with E-state index < -0.39 is 5.82 Å². The Balaban J connectivity index is 2.25. The zero-order chi connectivity index (χ0) is 14.0. The SMILES string of the molecule is Nc1ccc(Br)c(C(=O)Nc2ccc(Cl)c(F)c2)c1. The van der Waals surface area contributed by atoms with Crippen molar-refractivity contribution in [1.82, 2.24) is 0 Å². The highest BCUT2D eigenvalue weighted by molar-refractivity contribution is 9.10. The monoisotopic (exact) mass is 342 g/mol. The standard InChI is InChI=1S/C13H9BrClFN2O/c14-10-3-1-7(17)5-9(10)13(19)18-8-2-4-11(15)12(16)6-8/h1-6H,17H2,(H,18,19). The van der Waals surface area contributed by atoms with Crippen molar-refractivity contribution in [1.29, 1.82) is 0 Å². The predicted molar refractivity (Wildman–Crippen MR) is 77.9 cm³/mol. The molecule has 0 aromatic heterocycles. The number of benzene rings is 2. The smallest absolute Gasteiger partial charge is 0.256 e. The van der Waals surface area contributed by atoms with E-state index in [1.165, 1.54) is 18.2 Å². The second-order valence-corrected chi connectivity index (χ2v) is 5.08. The van der Waals surface area contributed by atoms with Crippen LogP contribution in [0.1, 0.15) is 10.4 Å². The van der Waals surface area contributed by atoms with Crippen molar-refractivity contribution in [2.75, 3.05) is 11.1 Å². The molecule has 2 aromatic carbocycles. The number of hydrogen-bond donors (Lipinski definition) is 2. The summed E-state index contributed by atoms with van der Waals surface area (Å²) in [5, 5.41) is 2.57. The number of carbonyl (C=O) groups is 1. The summed E-state index contributed by atoms with van der Waals surface area (Å²) in [6.07, 6.45) is 0. The van der Waals surface area contributed by atoms with Crippen LogP contribution in [0.3, 0.4) is 0 Å². The minimum Gasteiger partial charge on any atom is -0.399 e. The Hall–Kier alpha value is -1.59. The summed E-state index contributed by atoms with van der Waals surface area (Å²) in [5.74, 6) is -0.980. The van der Waals surface area contributed by atoms with Crippen LogP contribution in [0.25, 0.3) is 0 Å². The molecule has 0 unspecified atom stereocenters. The van der Waals surface area contributed by atoms with Crippen LogP contribution in [0.15, 0.2) is 40.9 Å². The van der Waals surface area contributed by atoms with Crippen LogP contribution in [-0.2, 0) is 0 Å². The minimum atomic E-state index is -0.592. The molecule has 0 aliphatic rings. The van der Waals surface area contributed by atoms with E-state index in [2.05, 4.69) is 21.2 Å². The van der Waals surface area contributed by atoms with E-state index in [-0.39, 0.29) is 10.9 Å². The van der Waals surface area contributed by atoms with Crippen molar-refractivity contribution in [3.05, 3.63) is 57.3 Å². The molecule has 0 fully saturated rings. The van der Waals surface area contributed by atoms with Gasteiger partial charge in [-0.3, -0.25) is 4.79 Å². The van der Waals surface area contributed by atoms with Gasteiger partial charge in [-0.25, -0.2) is 4.39 Å². The Morgan fingerprint density at radius 3 is 2.68 bits per heavy atom. The largest absolute Gasteiger partial charge is 0.399 e. The van der Waals surface area contributed by atoms with Gasteiger partial charge in [0.25, 0.3) is 5.91 Å². The predicted octanol–water partition coefficient (Wildman–Crippen LogP) is 4.08. The molecule has 0 atom stereocenters. The lowest BCUT2D eigenvalue weighted by Crippen LogP contribution is -2.13. The summed E-state index contributed by atoms with van der Waals surface area (Å²) >= 11 is 8.83. The third-order valence-corrected chi connectivity index (χ3v) is 3.41. The van der Waals surface area contributed by atoms with Gasteiger partial charge in [0.2, 0.25) is 0 Å². The number of carbonyl (C=O) groups excluding carboxylic acids is 1. The summed E-state index contributed by atoms with van der Waals surface area (Å²) in [7, 11) is 0. The average molecular weight is 344 g/mol. The van der Waals surface area contributed by atoms with Crippen molar-refractivity contribution in [3.8, 4) is 0 Å². The molecule has 3 N–H and O–H groups in total. The number of nitrogens with one attached hydrogen (secondary N) is 1. The highest BCUT2D eigenvalue weighted by Gasteiger charge is 2.11. The summed E-state index contributed by atoms with van der Waals surface area (Å²) < 4.78 is 13.9. The van der Waals surface area contributed by atoms with Crippen LogP contribution in [0.2, 0.25) is 5.02 Å². The van der Waals surface area contributed by atoms with Crippen LogP contribution in [0, 0.1) is 5.82 Å². The molecule has 0 spiro atoms. The quantitative estimate of drug-likeness (QED) is 0.807. The van der Waals surface area contributed by atoms with E-state index in [0.717, 1.165) is 6.07 Å². The Labute approximate surface area is 122 Å². The Morgan fingerprint density at radius 2 is 2.00 bits per heavy atom. The lowest BCUT2D eigenvalue weighted by Gasteiger charge is -2.08. The Kier molecular flexibility index (Phi) is 4.07. The molecule has 2 aromatic rings. The van der Waals surface area contributed by atoms with E-state index in [4.69, 9.17) is 17.3 Å². The van der Waals surface area contributed by atoms with Crippen molar-refractivity contribution >= 4 is 44.8 Å². The number of hydrogen-bond acceptors (Lipinski definition) is 2. The normalized spacial score (nSPS) is 10.3.